The number of aromatic nitrogens is 2. The largest absolute Gasteiger partial charge is 0.493 e. The van der Waals surface area contributed by atoms with Gasteiger partial charge in [-0.05, 0) is 36.8 Å². The number of rotatable bonds is 6. The van der Waals surface area contributed by atoms with Gasteiger partial charge in [-0.2, -0.15) is 0 Å². The Morgan fingerprint density at radius 2 is 2.00 bits per heavy atom. The standard InChI is InChI=1S/C19H21N3O2/c1-14-21-17-12-15(8-9-18(17)22(14)2)13-20-19(23)10-11-24-16-6-4-3-5-7-16/h3-9,12H,10-11,13H2,1-2H3,(H,20,23). The van der Waals surface area contributed by atoms with Crippen LogP contribution in [0.25, 0.3) is 11.0 Å². The van der Waals surface area contributed by atoms with Crippen LogP contribution in [0.4, 0.5) is 0 Å². The molecule has 0 fully saturated rings. The molecule has 0 aliphatic heterocycles. The molecule has 0 radical (unpaired) electrons. The molecule has 0 spiro atoms. The summed E-state index contributed by atoms with van der Waals surface area (Å²) < 4.78 is 7.58. The second-order valence-electron chi connectivity index (χ2n) is 5.73. The average Bonchev–Trinajstić information content (AvgIpc) is 2.88. The van der Waals surface area contributed by atoms with Gasteiger partial charge in [0.25, 0.3) is 0 Å². The van der Waals surface area contributed by atoms with Gasteiger partial charge in [0, 0.05) is 13.6 Å². The maximum absolute atomic E-state index is 11.9. The van der Waals surface area contributed by atoms with Gasteiger partial charge in [-0.25, -0.2) is 4.98 Å². The number of imidazole rings is 1. The molecule has 5 heteroatoms. The molecular weight excluding hydrogens is 302 g/mol. The summed E-state index contributed by atoms with van der Waals surface area (Å²) in [7, 11) is 2.00. The Balaban J connectivity index is 1.49. The number of hydrogen-bond acceptors (Lipinski definition) is 3. The van der Waals surface area contributed by atoms with Crippen LogP contribution in [0.2, 0.25) is 0 Å². The number of carbonyl (C=O) groups excluding carboxylic acids is 1. The highest BCUT2D eigenvalue weighted by atomic mass is 16.5. The SMILES string of the molecule is Cc1nc2cc(CNC(=O)CCOc3ccccc3)ccc2n1C. The summed E-state index contributed by atoms with van der Waals surface area (Å²) in [5.74, 6) is 1.73. The van der Waals surface area contributed by atoms with E-state index >= 15 is 0 Å². The van der Waals surface area contributed by atoms with E-state index < -0.39 is 0 Å². The molecule has 1 amide bonds. The zero-order valence-corrected chi connectivity index (χ0v) is 14.0. The van der Waals surface area contributed by atoms with Crippen molar-refractivity contribution in [2.45, 2.75) is 19.9 Å². The van der Waals surface area contributed by atoms with Gasteiger partial charge in [0.05, 0.1) is 24.1 Å². The first kappa shape index (κ1) is 16.1. The first-order valence-electron chi connectivity index (χ1n) is 8.00. The second kappa shape index (κ2) is 7.17. The maximum Gasteiger partial charge on any atom is 0.223 e. The minimum atomic E-state index is -0.0248. The number of ether oxygens (including phenoxy) is 1. The summed E-state index contributed by atoms with van der Waals surface area (Å²) in [5.41, 5.74) is 3.09. The van der Waals surface area contributed by atoms with E-state index in [1.807, 2.05) is 62.5 Å². The highest BCUT2D eigenvalue weighted by Crippen LogP contribution is 2.16. The van der Waals surface area contributed by atoms with E-state index in [0.29, 0.717) is 19.6 Å². The van der Waals surface area contributed by atoms with E-state index in [-0.39, 0.29) is 5.91 Å². The fourth-order valence-corrected chi connectivity index (χ4v) is 2.54. The van der Waals surface area contributed by atoms with Gasteiger partial charge < -0.3 is 14.6 Å². The van der Waals surface area contributed by atoms with Crippen molar-refractivity contribution in [3.05, 3.63) is 59.9 Å². The fraction of sp³-hybridized carbons (Fsp3) is 0.263. The highest BCUT2D eigenvalue weighted by Gasteiger charge is 2.06. The molecule has 0 aliphatic carbocycles. The van der Waals surface area contributed by atoms with Crippen molar-refractivity contribution in [1.29, 1.82) is 0 Å². The van der Waals surface area contributed by atoms with E-state index in [1.165, 1.54) is 0 Å². The number of para-hydroxylation sites is 1. The number of hydrogen-bond donors (Lipinski definition) is 1. The number of aryl methyl sites for hydroxylation is 2. The van der Waals surface area contributed by atoms with E-state index in [9.17, 15) is 4.79 Å². The quantitative estimate of drug-likeness (QED) is 0.759. The average molecular weight is 323 g/mol. The Hall–Kier alpha value is -2.82. The van der Waals surface area contributed by atoms with Gasteiger partial charge in [0.1, 0.15) is 11.6 Å². The molecule has 1 aromatic heterocycles. The monoisotopic (exact) mass is 323 g/mol. The number of fused-ring (bicyclic) bond motifs is 1. The van der Waals surface area contributed by atoms with Gasteiger partial charge in [0.15, 0.2) is 0 Å². The summed E-state index contributed by atoms with van der Waals surface area (Å²) in [5, 5.41) is 2.92. The molecule has 0 aliphatic rings. The Kier molecular flexibility index (Phi) is 4.79. The summed E-state index contributed by atoms with van der Waals surface area (Å²) in [6.07, 6.45) is 0.333. The Labute approximate surface area is 141 Å². The molecule has 5 nitrogen and oxygen atoms in total. The Morgan fingerprint density at radius 1 is 1.21 bits per heavy atom. The third kappa shape index (κ3) is 3.74. The first-order chi connectivity index (χ1) is 11.6. The van der Waals surface area contributed by atoms with Gasteiger partial charge in [0.2, 0.25) is 5.91 Å². The predicted octanol–water partition coefficient (Wildman–Crippen LogP) is 2.97. The molecule has 3 rings (SSSR count). The van der Waals surface area contributed by atoms with Crippen LogP contribution in [-0.4, -0.2) is 22.1 Å². The minimum absolute atomic E-state index is 0.0248. The van der Waals surface area contributed by atoms with Crippen LogP contribution < -0.4 is 10.1 Å². The second-order valence-corrected chi connectivity index (χ2v) is 5.73. The molecule has 0 unspecified atom stereocenters. The third-order valence-electron chi connectivity index (χ3n) is 4.00. The number of benzene rings is 2. The topological polar surface area (TPSA) is 56.1 Å². The van der Waals surface area contributed by atoms with Crippen molar-refractivity contribution in [2.24, 2.45) is 7.05 Å². The fourth-order valence-electron chi connectivity index (χ4n) is 2.54. The van der Waals surface area contributed by atoms with E-state index in [2.05, 4.69) is 14.9 Å². The third-order valence-corrected chi connectivity index (χ3v) is 4.00. The molecule has 0 atom stereocenters. The van der Waals surface area contributed by atoms with Gasteiger partial charge in [-0.15, -0.1) is 0 Å². The smallest absolute Gasteiger partial charge is 0.223 e. The van der Waals surface area contributed by atoms with Crippen molar-refractivity contribution in [3.8, 4) is 5.75 Å². The van der Waals surface area contributed by atoms with Crippen molar-refractivity contribution < 1.29 is 9.53 Å². The zero-order chi connectivity index (χ0) is 16.9. The molecule has 0 bridgehead atoms. The summed E-state index contributed by atoms with van der Waals surface area (Å²) >= 11 is 0. The predicted molar refractivity (Wildman–Crippen MR) is 93.9 cm³/mol. The van der Waals surface area contributed by atoms with Gasteiger partial charge in [-0.1, -0.05) is 24.3 Å². The zero-order valence-electron chi connectivity index (χ0n) is 14.0. The highest BCUT2D eigenvalue weighted by molar-refractivity contribution is 5.78. The van der Waals surface area contributed by atoms with Crippen LogP contribution in [0.15, 0.2) is 48.5 Å². The van der Waals surface area contributed by atoms with E-state index in [1.54, 1.807) is 0 Å². The lowest BCUT2D eigenvalue weighted by Crippen LogP contribution is -2.24. The molecule has 0 saturated carbocycles. The molecular formula is C19H21N3O2. The van der Waals surface area contributed by atoms with E-state index in [0.717, 1.165) is 28.2 Å². The lowest BCUT2D eigenvalue weighted by atomic mass is 10.2. The van der Waals surface area contributed by atoms with Crippen LogP contribution in [0.5, 0.6) is 5.75 Å². The number of amides is 1. The van der Waals surface area contributed by atoms with Crippen LogP contribution in [0.1, 0.15) is 17.8 Å². The molecule has 24 heavy (non-hydrogen) atoms. The molecule has 124 valence electrons. The van der Waals surface area contributed by atoms with Crippen molar-refractivity contribution in [2.75, 3.05) is 6.61 Å². The molecule has 1 heterocycles. The van der Waals surface area contributed by atoms with Crippen LogP contribution >= 0.6 is 0 Å². The van der Waals surface area contributed by atoms with Crippen molar-refractivity contribution in [1.82, 2.24) is 14.9 Å². The summed E-state index contributed by atoms with van der Waals surface area (Å²) in [6.45, 7) is 2.85. The summed E-state index contributed by atoms with van der Waals surface area (Å²) in [6, 6.07) is 15.6. The summed E-state index contributed by atoms with van der Waals surface area (Å²) in [4.78, 5) is 16.4. The number of nitrogens with zero attached hydrogens (tertiary/aromatic N) is 2. The van der Waals surface area contributed by atoms with Crippen LogP contribution in [0.3, 0.4) is 0 Å². The molecule has 3 aromatic rings. The van der Waals surface area contributed by atoms with Crippen LogP contribution in [-0.2, 0) is 18.4 Å². The van der Waals surface area contributed by atoms with Crippen LogP contribution in [0, 0.1) is 6.92 Å². The first-order valence-corrected chi connectivity index (χ1v) is 8.00. The molecule has 1 N–H and O–H groups in total. The normalized spacial score (nSPS) is 10.8. The van der Waals surface area contributed by atoms with Crippen molar-refractivity contribution in [3.63, 3.8) is 0 Å². The Bertz CT molecular complexity index is 840. The minimum Gasteiger partial charge on any atom is -0.493 e. The lowest BCUT2D eigenvalue weighted by Gasteiger charge is -2.07. The van der Waals surface area contributed by atoms with Gasteiger partial charge >= 0.3 is 0 Å². The Morgan fingerprint density at radius 3 is 2.79 bits per heavy atom. The lowest BCUT2D eigenvalue weighted by molar-refractivity contribution is -0.121. The number of carbonyl (C=O) groups is 1. The van der Waals surface area contributed by atoms with Crippen molar-refractivity contribution >= 4 is 16.9 Å². The molecule has 2 aromatic carbocycles. The maximum atomic E-state index is 11.9. The molecule has 0 saturated heterocycles. The van der Waals surface area contributed by atoms with Gasteiger partial charge in [-0.3, -0.25) is 4.79 Å². The van der Waals surface area contributed by atoms with E-state index in [4.69, 9.17) is 4.74 Å². The number of nitrogens with one attached hydrogen (secondary N) is 1.